The van der Waals surface area contributed by atoms with Crippen LogP contribution in [0.1, 0.15) is 40.0 Å². The van der Waals surface area contributed by atoms with E-state index in [4.69, 9.17) is 0 Å². The molecule has 3 unspecified atom stereocenters. The number of thioether (sulfide) groups is 1. The van der Waals surface area contributed by atoms with Gasteiger partial charge in [0.25, 0.3) is 0 Å². The highest BCUT2D eigenvalue weighted by molar-refractivity contribution is 7.99. The van der Waals surface area contributed by atoms with Gasteiger partial charge in [-0.05, 0) is 30.6 Å². The zero-order chi connectivity index (χ0) is 13.7. The molecule has 112 valence electrons. The third-order valence-corrected chi connectivity index (χ3v) is 5.90. The fraction of sp³-hybridized carbons (Fsp3) is 1.00. The van der Waals surface area contributed by atoms with Gasteiger partial charge in [0.15, 0.2) is 0 Å². The highest BCUT2D eigenvalue weighted by Crippen LogP contribution is 2.33. The molecule has 0 radical (unpaired) electrons. The predicted octanol–water partition coefficient (Wildman–Crippen LogP) is 3.09. The van der Waals surface area contributed by atoms with Crippen molar-refractivity contribution in [3.05, 3.63) is 0 Å². The molecular weight excluding hydrogens is 252 g/mol. The first-order chi connectivity index (χ1) is 9.16. The Labute approximate surface area is 124 Å². The van der Waals surface area contributed by atoms with Gasteiger partial charge in [0.05, 0.1) is 0 Å². The van der Waals surface area contributed by atoms with E-state index in [1.165, 1.54) is 56.9 Å². The molecule has 3 atom stereocenters. The van der Waals surface area contributed by atoms with Crippen molar-refractivity contribution in [2.45, 2.75) is 46.1 Å². The number of nitrogens with one attached hydrogen (secondary N) is 1. The standard InChI is InChI=1S/C16H32N2S/c1-13(2)15-5-4-14(3)12-16(15)17-6-7-18-8-10-19-11-9-18/h13-17H,4-12H2,1-3H3. The van der Waals surface area contributed by atoms with Crippen LogP contribution in [0, 0.1) is 17.8 Å². The maximum atomic E-state index is 3.88. The van der Waals surface area contributed by atoms with Gasteiger partial charge in [-0.2, -0.15) is 11.8 Å². The van der Waals surface area contributed by atoms with Crippen molar-refractivity contribution in [3.8, 4) is 0 Å². The Kier molecular flexibility index (Phi) is 6.51. The fourth-order valence-electron chi connectivity index (χ4n) is 3.67. The predicted molar refractivity (Wildman–Crippen MR) is 86.9 cm³/mol. The van der Waals surface area contributed by atoms with E-state index in [9.17, 15) is 0 Å². The summed E-state index contributed by atoms with van der Waals surface area (Å²) < 4.78 is 0. The summed E-state index contributed by atoms with van der Waals surface area (Å²) in [6.45, 7) is 12.2. The van der Waals surface area contributed by atoms with Crippen molar-refractivity contribution in [1.82, 2.24) is 10.2 Å². The van der Waals surface area contributed by atoms with Crippen LogP contribution < -0.4 is 5.32 Å². The zero-order valence-electron chi connectivity index (χ0n) is 13.0. The average Bonchev–Trinajstić information content (AvgIpc) is 2.39. The molecule has 2 aliphatic rings. The summed E-state index contributed by atoms with van der Waals surface area (Å²) in [6, 6.07) is 0.767. The van der Waals surface area contributed by atoms with Gasteiger partial charge in [0.1, 0.15) is 0 Å². The van der Waals surface area contributed by atoms with E-state index in [0.29, 0.717) is 0 Å². The summed E-state index contributed by atoms with van der Waals surface area (Å²) in [7, 11) is 0. The monoisotopic (exact) mass is 284 g/mol. The van der Waals surface area contributed by atoms with E-state index in [0.717, 1.165) is 23.8 Å². The molecule has 1 aliphatic carbocycles. The maximum absolute atomic E-state index is 3.88. The summed E-state index contributed by atoms with van der Waals surface area (Å²) in [5.74, 6) is 5.30. The zero-order valence-corrected chi connectivity index (χ0v) is 13.8. The summed E-state index contributed by atoms with van der Waals surface area (Å²) >= 11 is 2.10. The SMILES string of the molecule is CC1CCC(C(C)C)C(NCCN2CCSCC2)C1. The van der Waals surface area contributed by atoms with Gasteiger partial charge >= 0.3 is 0 Å². The van der Waals surface area contributed by atoms with Gasteiger partial charge in [-0.25, -0.2) is 0 Å². The van der Waals surface area contributed by atoms with E-state index in [1.807, 2.05) is 0 Å². The molecule has 1 heterocycles. The van der Waals surface area contributed by atoms with Crippen LogP contribution in [0.5, 0.6) is 0 Å². The maximum Gasteiger partial charge on any atom is 0.0108 e. The molecule has 2 fully saturated rings. The van der Waals surface area contributed by atoms with Gasteiger partial charge in [-0.1, -0.05) is 27.2 Å². The van der Waals surface area contributed by atoms with Crippen LogP contribution in [0.3, 0.4) is 0 Å². The van der Waals surface area contributed by atoms with Crippen molar-refractivity contribution < 1.29 is 0 Å². The van der Waals surface area contributed by atoms with Crippen LogP contribution in [0.15, 0.2) is 0 Å². The lowest BCUT2D eigenvalue weighted by atomic mass is 9.74. The minimum absolute atomic E-state index is 0.767. The van der Waals surface area contributed by atoms with E-state index in [2.05, 4.69) is 42.7 Å². The molecule has 1 saturated heterocycles. The summed E-state index contributed by atoms with van der Waals surface area (Å²) in [5.41, 5.74) is 0. The largest absolute Gasteiger partial charge is 0.312 e. The first kappa shape index (κ1) is 15.7. The van der Waals surface area contributed by atoms with Gasteiger partial charge in [0.2, 0.25) is 0 Å². The molecule has 1 N–H and O–H groups in total. The highest BCUT2D eigenvalue weighted by Gasteiger charge is 2.30. The minimum atomic E-state index is 0.767. The number of hydrogen-bond donors (Lipinski definition) is 1. The van der Waals surface area contributed by atoms with Gasteiger partial charge in [-0.15, -0.1) is 0 Å². The van der Waals surface area contributed by atoms with Crippen molar-refractivity contribution in [2.75, 3.05) is 37.7 Å². The van der Waals surface area contributed by atoms with Gasteiger partial charge < -0.3 is 10.2 Å². The van der Waals surface area contributed by atoms with Crippen LogP contribution in [-0.4, -0.2) is 48.6 Å². The number of hydrogen-bond acceptors (Lipinski definition) is 3. The van der Waals surface area contributed by atoms with Crippen LogP contribution in [-0.2, 0) is 0 Å². The molecule has 0 amide bonds. The second-order valence-corrected chi connectivity index (χ2v) is 8.07. The van der Waals surface area contributed by atoms with Crippen LogP contribution in [0.4, 0.5) is 0 Å². The molecule has 19 heavy (non-hydrogen) atoms. The topological polar surface area (TPSA) is 15.3 Å². The second kappa shape index (κ2) is 7.90. The normalized spacial score (nSPS) is 33.8. The van der Waals surface area contributed by atoms with E-state index in [-0.39, 0.29) is 0 Å². The van der Waals surface area contributed by atoms with Crippen LogP contribution in [0.2, 0.25) is 0 Å². The van der Waals surface area contributed by atoms with Crippen LogP contribution in [0.25, 0.3) is 0 Å². The molecule has 1 aliphatic heterocycles. The van der Waals surface area contributed by atoms with Crippen molar-refractivity contribution in [2.24, 2.45) is 17.8 Å². The molecular formula is C16H32N2S. The lowest BCUT2D eigenvalue weighted by Gasteiger charge is -2.38. The Morgan fingerprint density at radius 2 is 1.95 bits per heavy atom. The molecule has 2 nitrogen and oxygen atoms in total. The molecule has 0 bridgehead atoms. The Morgan fingerprint density at radius 3 is 2.63 bits per heavy atom. The lowest BCUT2D eigenvalue weighted by molar-refractivity contribution is 0.165. The van der Waals surface area contributed by atoms with E-state index < -0.39 is 0 Å². The smallest absolute Gasteiger partial charge is 0.0108 e. The molecule has 0 aromatic rings. The molecule has 0 aromatic heterocycles. The quantitative estimate of drug-likeness (QED) is 0.835. The van der Waals surface area contributed by atoms with E-state index >= 15 is 0 Å². The summed E-state index contributed by atoms with van der Waals surface area (Å²) in [6.07, 6.45) is 4.25. The number of nitrogens with zero attached hydrogens (tertiary/aromatic N) is 1. The van der Waals surface area contributed by atoms with Gasteiger partial charge in [0, 0.05) is 43.7 Å². The molecule has 1 saturated carbocycles. The van der Waals surface area contributed by atoms with Crippen molar-refractivity contribution >= 4 is 11.8 Å². The van der Waals surface area contributed by atoms with Gasteiger partial charge in [-0.3, -0.25) is 0 Å². The second-order valence-electron chi connectivity index (χ2n) is 6.84. The fourth-order valence-corrected chi connectivity index (χ4v) is 4.65. The molecule has 3 heteroatoms. The van der Waals surface area contributed by atoms with Crippen molar-refractivity contribution in [3.63, 3.8) is 0 Å². The first-order valence-electron chi connectivity index (χ1n) is 8.20. The van der Waals surface area contributed by atoms with Crippen molar-refractivity contribution in [1.29, 1.82) is 0 Å². The highest BCUT2D eigenvalue weighted by atomic mass is 32.2. The van der Waals surface area contributed by atoms with E-state index in [1.54, 1.807) is 0 Å². The molecule has 0 spiro atoms. The molecule has 2 rings (SSSR count). The summed E-state index contributed by atoms with van der Waals surface area (Å²) in [5, 5.41) is 3.88. The number of rotatable bonds is 5. The van der Waals surface area contributed by atoms with Crippen LogP contribution >= 0.6 is 11.8 Å². The third kappa shape index (κ3) is 4.95. The Hall–Kier alpha value is 0.270. The average molecular weight is 285 g/mol. The third-order valence-electron chi connectivity index (χ3n) is 4.96. The first-order valence-corrected chi connectivity index (χ1v) is 9.35. The Balaban J connectivity index is 1.72. The Morgan fingerprint density at radius 1 is 1.21 bits per heavy atom. The Bertz CT molecular complexity index is 251. The lowest BCUT2D eigenvalue weighted by Crippen LogP contribution is -2.46. The minimum Gasteiger partial charge on any atom is -0.312 e. The summed E-state index contributed by atoms with van der Waals surface area (Å²) in [4.78, 5) is 2.63. The molecule has 0 aromatic carbocycles.